The van der Waals surface area contributed by atoms with Crippen LogP contribution in [-0.2, 0) is 9.53 Å². The zero-order chi connectivity index (χ0) is 17.6. The van der Waals surface area contributed by atoms with Crippen LogP contribution < -0.4 is 10.6 Å². The van der Waals surface area contributed by atoms with Gasteiger partial charge in [-0.25, -0.2) is 9.59 Å². The number of carbonyl (C=O) groups excluding carboxylic acids is 3. The number of carbonyl (C=O) groups is 3. The van der Waals surface area contributed by atoms with Gasteiger partial charge in [-0.1, -0.05) is 42.5 Å². The molecule has 0 heterocycles. The molecule has 1 aliphatic rings. The van der Waals surface area contributed by atoms with Gasteiger partial charge in [0, 0.05) is 6.04 Å². The van der Waals surface area contributed by atoms with Crippen molar-refractivity contribution in [2.24, 2.45) is 0 Å². The minimum Gasteiger partial charge on any atom is -0.452 e. The van der Waals surface area contributed by atoms with Crippen LogP contribution >= 0.6 is 0 Å². The molecule has 0 bridgehead atoms. The summed E-state index contributed by atoms with van der Waals surface area (Å²) in [5, 5.41) is 4.74. The highest BCUT2D eigenvalue weighted by atomic mass is 16.5. The van der Waals surface area contributed by atoms with Crippen molar-refractivity contribution in [3.63, 3.8) is 0 Å². The maximum atomic E-state index is 12.0. The number of imide groups is 1. The highest BCUT2D eigenvalue weighted by molar-refractivity contribution is 5.97. The Bertz CT molecular complexity index is 768. The number of nitrogens with one attached hydrogen (secondary N) is 2. The lowest BCUT2D eigenvalue weighted by Crippen LogP contribution is -2.42. The highest BCUT2D eigenvalue weighted by Gasteiger charge is 2.24. The molecule has 0 atom stereocenters. The van der Waals surface area contributed by atoms with Crippen molar-refractivity contribution in [1.29, 1.82) is 0 Å². The number of rotatable bonds is 5. The highest BCUT2D eigenvalue weighted by Crippen LogP contribution is 2.19. The van der Waals surface area contributed by atoms with E-state index in [0.29, 0.717) is 5.56 Å². The average Bonchev–Trinajstić information content (AvgIpc) is 3.44. The molecule has 6 nitrogen and oxygen atoms in total. The van der Waals surface area contributed by atoms with Gasteiger partial charge in [0.15, 0.2) is 6.61 Å². The van der Waals surface area contributed by atoms with Gasteiger partial charge in [-0.3, -0.25) is 10.1 Å². The number of benzene rings is 2. The molecule has 1 aliphatic carbocycles. The van der Waals surface area contributed by atoms with Gasteiger partial charge >= 0.3 is 12.0 Å². The van der Waals surface area contributed by atoms with E-state index < -0.39 is 24.5 Å². The third kappa shape index (κ3) is 4.91. The van der Waals surface area contributed by atoms with Crippen molar-refractivity contribution in [3.8, 4) is 11.1 Å². The lowest BCUT2D eigenvalue weighted by Gasteiger charge is -2.07. The molecule has 0 aromatic heterocycles. The van der Waals surface area contributed by atoms with Crippen LogP contribution in [0.25, 0.3) is 11.1 Å². The Kier molecular flexibility index (Phi) is 5.09. The molecule has 1 fully saturated rings. The van der Waals surface area contributed by atoms with Gasteiger partial charge in [-0.2, -0.15) is 0 Å². The van der Waals surface area contributed by atoms with E-state index in [1.54, 1.807) is 12.1 Å². The Morgan fingerprint density at radius 1 is 0.920 bits per heavy atom. The first-order valence-electron chi connectivity index (χ1n) is 8.05. The van der Waals surface area contributed by atoms with Gasteiger partial charge in [-0.15, -0.1) is 0 Å². The van der Waals surface area contributed by atoms with Gasteiger partial charge < -0.3 is 10.1 Å². The molecule has 2 N–H and O–H groups in total. The number of urea groups is 1. The van der Waals surface area contributed by atoms with Crippen LogP contribution in [0.2, 0.25) is 0 Å². The smallest absolute Gasteiger partial charge is 0.338 e. The molecule has 1 saturated carbocycles. The molecule has 3 amide bonds. The Morgan fingerprint density at radius 2 is 1.56 bits per heavy atom. The first-order chi connectivity index (χ1) is 12.1. The molecular weight excluding hydrogens is 320 g/mol. The molecule has 3 rings (SSSR count). The molecule has 0 unspecified atom stereocenters. The van der Waals surface area contributed by atoms with E-state index in [9.17, 15) is 14.4 Å². The van der Waals surface area contributed by atoms with E-state index in [1.807, 2.05) is 42.5 Å². The molecule has 2 aromatic rings. The molecule has 6 heteroatoms. The molecule has 128 valence electrons. The minimum absolute atomic E-state index is 0.151. The van der Waals surface area contributed by atoms with Crippen LogP contribution in [-0.4, -0.2) is 30.6 Å². The second kappa shape index (κ2) is 7.61. The molecule has 0 saturated heterocycles. The molecule has 0 radical (unpaired) electrons. The van der Waals surface area contributed by atoms with E-state index in [1.165, 1.54) is 0 Å². The van der Waals surface area contributed by atoms with Crippen LogP contribution in [0.5, 0.6) is 0 Å². The lowest BCUT2D eigenvalue weighted by molar-refractivity contribution is -0.123. The molecule has 0 spiro atoms. The standard InChI is InChI=1S/C19H18N2O4/c22-17(21-19(24)20-16-10-11-16)12-25-18(23)15-8-6-14(7-9-15)13-4-2-1-3-5-13/h1-9,16H,10-12H2,(H2,20,21,22,24). The van der Waals surface area contributed by atoms with Crippen molar-refractivity contribution in [1.82, 2.24) is 10.6 Å². The maximum Gasteiger partial charge on any atom is 0.338 e. The summed E-state index contributed by atoms with van der Waals surface area (Å²) < 4.78 is 4.93. The fourth-order valence-electron chi connectivity index (χ4n) is 2.26. The second-order valence-corrected chi connectivity index (χ2v) is 5.82. The zero-order valence-corrected chi connectivity index (χ0v) is 13.5. The Balaban J connectivity index is 1.49. The van der Waals surface area contributed by atoms with E-state index in [4.69, 9.17) is 4.74 Å². The Hall–Kier alpha value is -3.15. The quantitative estimate of drug-likeness (QED) is 0.821. The van der Waals surface area contributed by atoms with Gasteiger partial charge in [0.05, 0.1) is 5.56 Å². The van der Waals surface area contributed by atoms with E-state index in [0.717, 1.165) is 24.0 Å². The zero-order valence-electron chi connectivity index (χ0n) is 13.5. The Morgan fingerprint density at radius 3 is 2.20 bits per heavy atom. The van der Waals surface area contributed by atoms with Crippen molar-refractivity contribution in [3.05, 3.63) is 60.2 Å². The summed E-state index contributed by atoms with van der Waals surface area (Å²) >= 11 is 0. The number of hydrogen-bond acceptors (Lipinski definition) is 4. The maximum absolute atomic E-state index is 12.0. The van der Waals surface area contributed by atoms with Gasteiger partial charge in [0.25, 0.3) is 5.91 Å². The summed E-state index contributed by atoms with van der Waals surface area (Å²) in [6.07, 6.45) is 1.85. The van der Waals surface area contributed by atoms with Gasteiger partial charge in [0.2, 0.25) is 0 Å². The topological polar surface area (TPSA) is 84.5 Å². The van der Waals surface area contributed by atoms with Gasteiger partial charge in [-0.05, 0) is 36.1 Å². The van der Waals surface area contributed by atoms with E-state index >= 15 is 0 Å². The van der Waals surface area contributed by atoms with Crippen molar-refractivity contribution in [2.75, 3.05) is 6.61 Å². The predicted molar refractivity (Wildman–Crippen MR) is 91.9 cm³/mol. The molecule has 25 heavy (non-hydrogen) atoms. The first kappa shape index (κ1) is 16.7. The van der Waals surface area contributed by atoms with Crippen LogP contribution in [0, 0.1) is 0 Å². The number of esters is 1. The summed E-state index contributed by atoms with van der Waals surface area (Å²) in [6, 6.07) is 16.3. The molecule has 2 aromatic carbocycles. The molecule has 0 aliphatic heterocycles. The normalized spacial score (nSPS) is 13.0. The molecular formula is C19H18N2O4. The monoisotopic (exact) mass is 338 g/mol. The van der Waals surface area contributed by atoms with Crippen LogP contribution in [0.1, 0.15) is 23.2 Å². The summed E-state index contributed by atoms with van der Waals surface area (Å²) in [4.78, 5) is 35.0. The average molecular weight is 338 g/mol. The Labute approximate surface area is 145 Å². The van der Waals surface area contributed by atoms with Crippen LogP contribution in [0.15, 0.2) is 54.6 Å². The third-order valence-electron chi connectivity index (χ3n) is 3.73. The predicted octanol–water partition coefficient (Wildman–Crippen LogP) is 2.50. The van der Waals surface area contributed by atoms with Crippen LogP contribution in [0.3, 0.4) is 0 Å². The third-order valence-corrected chi connectivity index (χ3v) is 3.73. The van der Waals surface area contributed by atoms with E-state index in [2.05, 4.69) is 10.6 Å². The lowest BCUT2D eigenvalue weighted by atomic mass is 10.0. The SMILES string of the molecule is O=C(COC(=O)c1ccc(-c2ccccc2)cc1)NC(=O)NC1CC1. The summed E-state index contributed by atoms with van der Waals surface area (Å²) in [7, 11) is 0. The largest absolute Gasteiger partial charge is 0.452 e. The van der Waals surface area contributed by atoms with Gasteiger partial charge in [0.1, 0.15) is 0 Å². The van der Waals surface area contributed by atoms with Crippen molar-refractivity contribution in [2.45, 2.75) is 18.9 Å². The fourth-order valence-corrected chi connectivity index (χ4v) is 2.26. The first-order valence-corrected chi connectivity index (χ1v) is 8.05. The van der Waals surface area contributed by atoms with Crippen molar-refractivity contribution < 1.29 is 19.1 Å². The summed E-state index contributed by atoms with van der Waals surface area (Å²) in [5.41, 5.74) is 2.37. The number of ether oxygens (including phenoxy) is 1. The summed E-state index contributed by atoms with van der Waals surface area (Å²) in [6.45, 7) is -0.503. The van der Waals surface area contributed by atoms with E-state index in [-0.39, 0.29) is 6.04 Å². The van der Waals surface area contributed by atoms with Crippen LogP contribution in [0.4, 0.5) is 4.79 Å². The summed E-state index contributed by atoms with van der Waals surface area (Å²) in [5.74, 6) is -1.27. The minimum atomic E-state index is -0.660. The van der Waals surface area contributed by atoms with Crippen molar-refractivity contribution >= 4 is 17.9 Å². The number of amides is 3. The second-order valence-electron chi connectivity index (χ2n) is 5.82. The fraction of sp³-hybridized carbons (Fsp3) is 0.211. The number of hydrogen-bond donors (Lipinski definition) is 2.